The van der Waals surface area contributed by atoms with Crippen LogP contribution in [0.15, 0.2) is 34.9 Å². The van der Waals surface area contributed by atoms with Crippen molar-refractivity contribution in [1.29, 1.82) is 0 Å². The smallest absolute Gasteiger partial charge is 0.134 e. The van der Waals surface area contributed by atoms with Gasteiger partial charge in [-0.15, -0.1) is 0 Å². The average Bonchev–Trinajstić information content (AvgIpc) is 2.97. The predicted octanol–water partition coefficient (Wildman–Crippen LogP) is 2.68. The summed E-state index contributed by atoms with van der Waals surface area (Å²) in [6, 6.07) is 7.23. The second kappa shape index (κ2) is 4.94. The highest BCUT2D eigenvalue weighted by molar-refractivity contribution is 6.31. The molecule has 1 atom stereocenters. The van der Waals surface area contributed by atoms with Gasteiger partial charge in [0.05, 0.1) is 6.20 Å². The van der Waals surface area contributed by atoms with Crippen LogP contribution in [0.4, 0.5) is 0 Å². The summed E-state index contributed by atoms with van der Waals surface area (Å²) in [6.07, 6.45) is 1.79. The Labute approximate surface area is 121 Å². The van der Waals surface area contributed by atoms with Crippen molar-refractivity contribution in [2.24, 2.45) is 12.9 Å². The first-order valence-electron chi connectivity index (χ1n) is 6.24. The van der Waals surface area contributed by atoms with Crippen LogP contribution in [0.25, 0.3) is 11.0 Å². The second-order valence-electron chi connectivity index (χ2n) is 4.74. The number of rotatable bonds is 3. The lowest BCUT2D eigenvalue weighted by molar-refractivity contribution is 0.476. The summed E-state index contributed by atoms with van der Waals surface area (Å²) in [5.74, 6) is 6.43. The number of hydrogen-bond acceptors (Lipinski definition) is 4. The van der Waals surface area contributed by atoms with Crippen molar-refractivity contribution in [3.63, 3.8) is 0 Å². The van der Waals surface area contributed by atoms with Crippen molar-refractivity contribution in [1.82, 2.24) is 15.2 Å². The number of aromatic nitrogens is 2. The molecule has 0 saturated heterocycles. The monoisotopic (exact) mass is 290 g/mol. The van der Waals surface area contributed by atoms with E-state index in [4.69, 9.17) is 21.9 Å². The molecule has 3 aromatic rings. The first kappa shape index (κ1) is 13.2. The third-order valence-corrected chi connectivity index (χ3v) is 3.77. The SMILES string of the molecule is Cc1c(C(NN)c2cc3cc(Cl)ccc3o2)cnn1C. The second-order valence-corrected chi connectivity index (χ2v) is 5.18. The minimum absolute atomic E-state index is 0.241. The van der Waals surface area contributed by atoms with Gasteiger partial charge < -0.3 is 4.42 Å². The van der Waals surface area contributed by atoms with E-state index in [-0.39, 0.29) is 6.04 Å². The van der Waals surface area contributed by atoms with Gasteiger partial charge in [-0.05, 0) is 31.2 Å². The first-order valence-corrected chi connectivity index (χ1v) is 6.61. The van der Waals surface area contributed by atoms with Crippen LogP contribution in [-0.4, -0.2) is 9.78 Å². The van der Waals surface area contributed by atoms with Gasteiger partial charge in [-0.3, -0.25) is 10.5 Å². The number of aryl methyl sites for hydroxylation is 1. The molecule has 104 valence electrons. The van der Waals surface area contributed by atoms with Crippen LogP contribution in [0.5, 0.6) is 0 Å². The molecule has 0 aliphatic rings. The summed E-state index contributed by atoms with van der Waals surface area (Å²) in [5, 5.41) is 5.87. The fourth-order valence-corrected chi connectivity index (χ4v) is 2.48. The van der Waals surface area contributed by atoms with Crippen LogP contribution in [0.2, 0.25) is 5.02 Å². The van der Waals surface area contributed by atoms with Gasteiger partial charge >= 0.3 is 0 Å². The van der Waals surface area contributed by atoms with Gasteiger partial charge in [0.2, 0.25) is 0 Å². The minimum Gasteiger partial charge on any atom is -0.459 e. The van der Waals surface area contributed by atoms with Crippen molar-refractivity contribution >= 4 is 22.6 Å². The molecule has 2 aromatic heterocycles. The maximum atomic E-state index is 5.99. The van der Waals surface area contributed by atoms with E-state index in [9.17, 15) is 0 Å². The Morgan fingerprint density at radius 1 is 1.40 bits per heavy atom. The summed E-state index contributed by atoms with van der Waals surface area (Å²) >= 11 is 5.99. The number of nitrogens with zero attached hydrogens (tertiary/aromatic N) is 2. The van der Waals surface area contributed by atoms with E-state index >= 15 is 0 Å². The number of hydrogen-bond donors (Lipinski definition) is 2. The topological polar surface area (TPSA) is 69.0 Å². The Hall–Kier alpha value is -1.82. The summed E-state index contributed by atoms with van der Waals surface area (Å²) in [4.78, 5) is 0. The molecule has 0 aliphatic carbocycles. The van der Waals surface area contributed by atoms with Crippen LogP contribution >= 0.6 is 11.6 Å². The van der Waals surface area contributed by atoms with Crippen molar-refractivity contribution in [2.45, 2.75) is 13.0 Å². The Balaban J connectivity index is 2.09. The maximum Gasteiger partial charge on any atom is 0.134 e. The number of nitrogens with one attached hydrogen (secondary N) is 1. The Morgan fingerprint density at radius 3 is 2.85 bits per heavy atom. The van der Waals surface area contributed by atoms with E-state index in [1.165, 1.54) is 0 Å². The van der Waals surface area contributed by atoms with Crippen LogP contribution < -0.4 is 11.3 Å². The third-order valence-electron chi connectivity index (χ3n) is 3.53. The normalized spacial score (nSPS) is 13.0. The zero-order valence-corrected chi connectivity index (χ0v) is 12.0. The van der Waals surface area contributed by atoms with Crippen LogP contribution in [0, 0.1) is 6.92 Å². The molecule has 0 fully saturated rings. The molecule has 0 aliphatic heterocycles. The van der Waals surface area contributed by atoms with Crippen molar-refractivity contribution < 1.29 is 4.42 Å². The maximum absolute atomic E-state index is 5.99. The quantitative estimate of drug-likeness (QED) is 0.575. The molecular weight excluding hydrogens is 276 g/mol. The van der Waals surface area contributed by atoms with E-state index in [2.05, 4.69) is 10.5 Å². The number of furan rings is 1. The molecule has 3 rings (SSSR count). The molecule has 20 heavy (non-hydrogen) atoms. The molecule has 0 amide bonds. The molecule has 1 aromatic carbocycles. The van der Waals surface area contributed by atoms with E-state index in [0.717, 1.165) is 28.0 Å². The zero-order valence-electron chi connectivity index (χ0n) is 11.2. The van der Waals surface area contributed by atoms with Crippen molar-refractivity contribution in [3.05, 3.63) is 52.5 Å². The van der Waals surface area contributed by atoms with E-state index in [0.29, 0.717) is 5.02 Å². The number of nitrogens with two attached hydrogens (primary N) is 1. The van der Waals surface area contributed by atoms with Gasteiger partial charge in [-0.2, -0.15) is 5.10 Å². The molecular formula is C14H15ClN4O. The molecule has 1 unspecified atom stereocenters. The molecule has 0 bridgehead atoms. The highest BCUT2D eigenvalue weighted by Crippen LogP contribution is 2.30. The summed E-state index contributed by atoms with van der Waals surface area (Å²) in [5.41, 5.74) is 5.59. The molecule has 2 heterocycles. The Bertz CT molecular complexity index is 762. The van der Waals surface area contributed by atoms with Gasteiger partial charge in [-0.1, -0.05) is 11.6 Å². The van der Waals surface area contributed by atoms with E-state index < -0.39 is 0 Å². The Morgan fingerprint density at radius 2 is 2.20 bits per heavy atom. The first-order chi connectivity index (χ1) is 9.60. The fourth-order valence-electron chi connectivity index (χ4n) is 2.30. The van der Waals surface area contributed by atoms with Gasteiger partial charge in [-0.25, -0.2) is 5.43 Å². The minimum atomic E-state index is -0.241. The predicted molar refractivity (Wildman–Crippen MR) is 78.3 cm³/mol. The molecule has 0 radical (unpaired) electrons. The number of benzene rings is 1. The van der Waals surface area contributed by atoms with Crippen molar-refractivity contribution in [3.8, 4) is 0 Å². The lowest BCUT2D eigenvalue weighted by Gasteiger charge is -2.12. The fraction of sp³-hybridized carbons (Fsp3) is 0.214. The molecule has 3 N–H and O–H groups in total. The summed E-state index contributed by atoms with van der Waals surface area (Å²) in [6.45, 7) is 1.99. The summed E-state index contributed by atoms with van der Waals surface area (Å²) < 4.78 is 7.66. The van der Waals surface area contributed by atoms with E-state index in [1.54, 1.807) is 16.9 Å². The third kappa shape index (κ3) is 2.10. The largest absolute Gasteiger partial charge is 0.459 e. The molecule has 5 nitrogen and oxygen atoms in total. The van der Waals surface area contributed by atoms with Gasteiger partial charge in [0.1, 0.15) is 17.4 Å². The number of hydrazine groups is 1. The number of halogens is 1. The highest BCUT2D eigenvalue weighted by atomic mass is 35.5. The van der Waals surface area contributed by atoms with Gasteiger partial charge in [0.15, 0.2) is 0 Å². The summed E-state index contributed by atoms with van der Waals surface area (Å²) in [7, 11) is 1.89. The van der Waals surface area contributed by atoms with Crippen LogP contribution in [0.1, 0.15) is 23.1 Å². The van der Waals surface area contributed by atoms with Crippen LogP contribution in [0.3, 0.4) is 0 Å². The molecule has 0 saturated carbocycles. The van der Waals surface area contributed by atoms with Crippen LogP contribution in [-0.2, 0) is 7.05 Å². The van der Waals surface area contributed by atoms with Crippen molar-refractivity contribution in [2.75, 3.05) is 0 Å². The average molecular weight is 291 g/mol. The van der Waals surface area contributed by atoms with Gasteiger partial charge in [0.25, 0.3) is 0 Å². The zero-order chi connectivity index (χ0) is 14.3. The van der Waals surface area contributed by atoms with Gasteiger partial charge in [0, 0.05) is 28.7 Å². The standard InChI is InChI=1S/C14H15ClN4O/c1-8-11(7-17-19(8)2)14(18-16)13-6-9-5-10(15)3-4-12(9)20-13/h3-7,14,18H,16H2,1-2H3. The lowest BCUT2D eigenvalue weighted by atomic mass is 10.1. The van der Waals surface area contributed by atoms with E-state index in [1.807, 2.05) is 32.2 Å². The Kier molecular flexibility index (Phi) is 3.25. The molecule has 0 spiro atoms. The lowest BCUT2D eigenvalue weighted by Crippen LogP contribution is -2.28. The molecule has 6 heteroatoms. The number of fused-ring (bicyclic) bond motifs is 1. The highest BCUT2D eigenvalue weighted by Gasteiger charge is 2.21.